The molecule has 0 aromatic carbocycles. The molecule has 0 spiro atoms. The highest BCUT2D eigenvalue weighted by molar-refractivity contribution is 5.85. The van der Waals surface area contributed by atoms with Gasteiger partial charge >= 0.3 is 0 Å². The van der Waals surface area contributed by atoms with Crippen molar-refractivity contribution in [1.82, 2.24) is 0 Å². The molecule has 0 amide bonds. The quantitative estimate of drug-likeness (QED) is 0.365. The van der Waals surface area contributed by atoms with Crippen LogP contribution in [-0.2, 0) is 0 Å². The predicted molar refractivity (Wildman–Crippen MR) is 33.3 cm³/mol. The molecular formula is C3H5Cl2NO. The summed E-state index contributed by atoms with van der Waals surface area (Å²) in [5, 5.41) is 9.67. The Labute approximate surface area is 53.9 Å². The Kier molecular flexibility index (Phi) is 5.62. The van der Waals surface area contributed by atoms with Crippen LogP contribution in [-0.4, -0.2) is 11.0 Å². The highest BCUT2D eigenvalue weighted by atomic mass is 35.5. The van der Waals surface area contributed by atoms with E-state index in [1.54, 1.807) is 6.08 Å². The largest absolute Gasteiger partial charge is 0.619 e. The van der Waals surface area contributed by atoms with Gasteiger partial charge in [-0.2, -0.15) is 4.74 Å². The molecule has 1 rings (SSSR count). The smallest absolute Gasteiger partial charge is 0.186 e. The van der Waals surface area contributed by atoms with Gasteiger partial charge in [0.1, 0.15) is 0 Å². The predicted octanol–water partition coefficient (Wildman–Crippen LogP) is 0.938. The van der Waals surface area contributed by atoms with Crippen LogP contribution in [0.15, 0.2) is 12.3 Å². The Morgan fingerprint density at radius 3 is 1.57 bits per heavy atom. The van der Waals surface area contributed by atoms with Crippen molar-refractivity contribution in [2.45, 2.75) is 0 Å². The van der Waals surface area contributed by atoms with Gasteiger partial charge in [0, 0.05) is 0 Å². The molecule has 0 saturated carbocycles. The van der Waals surface area contributed by atoms with Crippen LogP contribution >= 0.6 is 24.8 Å². The summed E-state index contributed by atoms with van der Waals surface area (Å²) in [6.07, 6.45) is 4.58. The Morgan fingerprint density at radius 1 is 1.29 bits per heavy atom. The Hall–Kier alpha value is -0.210. The number of rotatable bonds is 0. The number of hydroxylamine groups is 1. The SMILES string of the molecule is Cl.Cl.[O-][N+]1=CC=C1. The maximum atomic E-state index is 9.67. The van der Waals surface area contributed by atoms with Crippen LogP contribution in [0.3, 0.4) is 0 Å². The van der Waals surface area contributed by atoms with E-state index in [4.69, 9.17) is 0 Å². The zero-order chi connectivity index (χ0) is 3.70. The van der Waals surface area contributed by atoms with Gasteiger partial charge in [0.2, 0.25) is 0 Å². The van der Waals surface area contributed by atoms with Crippen molar-refractivity contribution in [2.75, 3.05) is 0 Å². The van der Waals surface area contributed by atoms with Crippen molar-refractivity contribution < 1.29 is 4.74 Å². The molecule has 1 aliphatic heterocycles. The molecule has 0 aliphatic carbocycles. The molecule has 0 aromatic rings. The molecule has 42 valence electrons. The maximum Gasteiger partial charge on any atom is 0.186 e. The first-order valence-corrected chi connectivity index (χ1v) is 1.37. The Morgan fingerprint density at radius 2 is 1.57 bits per heavy atom. The van der Waals surface area contributed by atoms with Crippen LogP contribution in [0.5, 0.6) is 0 Å². The second-order valence-electron chi connectivity index (χ2n) is 0.850. The van der Waals surface area contributed by atoms with Crippen molar-refractivity contribution in [2.24, 2.45) is 0 Å². The van der Waals surface area contributed by atoms with Crippen LogP contribution < -0.4 is 0 Å². The lowest BCUT2D eigenvalue weighted by Crippen LogP contribution is -2.00. The molecular weight excluding hydrogens is 137 g/mol. The van der Waals surface area contributed by atoms with E-state index in [-0.39, 0.29) is 24.8 Å². The molecule has 1 heterocycles. The van der Waals surface area contributed by atoms with Gasteiger partial charge in [-0.1, -0.05) is 0 Å². The summed E-state index contributed by atoms with van der Waals surface area (Å²) in [6, 6.07) is 0. The number of halogens is 2. The van der Waals surface area contributed by atoms with Crippen molar-refractivity contribution in [1.29, 1.82) is 0 Å². The van der Waals surface area contributed by atoms with Crippen LogP contribution in [0.4, 0.5) is 0 Å². The van der Waals surface area contributed by atoms with Gasteiger partial charge in [0.05, 0.1) is 6.08 Å². The van der Waals surface area contributed by atoms with Gasteiger partial charge in [0.15, 0.2) is 12.4 Å². The monoisotopic (exact) mass is 141 g/mol. The third-order valence-electron chi connectivity index (χ3n) is 0.466. The second-order valence-corrected chi connectivity index (χ2v) is 0.850. The molecule has 7 heavy (non-hydrogen) atoms. The van der Waals surface area contributed by atoms with E-state index in [0.29, 0.717) is 0 Å². The van der Waals surface area contributed by atoms with Gasteiger partial charge in [-0.05, 0) is 0 Å². The summed E-state index contributed by atoms with van der Waals surface area (Å²) in [7, 11) is 0. The minimum absolute atomic E-state index is 0. The van der Waals surface area contributed by atoms with E-state index in [1.165, 1.54) is 12.4 Å². The van der Waals surface area contributed by atoms with E-state index in [2.05, 4.69) is 0 Å². The summed E-state index contributed by atoms with van der Waals surface area (Å²) in [5.41, 5.74) is 0. The number of hydrogen-bond donors (Lipinski definition) is 0. The average Bonchev–Trinajstić information content (AvgIpc) is 1.30. The molecule has 0 saturated heterocycles. The molecule has 0 atom stereocenters. The van der Waals surface area contributed by atoms with Crippen molar-refractivity contribution in [3.63, 3.8) is 0 Å². The minimum atomic E-state index is 0. The molecule has 2 nitrogen and oxygen atoms in total. The first-order valence-electron chi connectivity index (χ1n) is 1.37. The second kappa shape index (κ2) is 3.96. The Balaban J connectivity index is 0. The minimum Gasteiger partial charge on any atom is -0.619 e. The fourth-order valence-corrected chi connectivity index (χ4v) is 0.156. The highest BCUT2D eigenvalue weighted by Crippen LogP contribution is 1.79. The summed E-state index contributed by atoms with van der Waals surface area (Å²) in [4.78, 5) is 0. The average molecular weight is 142 g/mol. The summed E-state index contributed by atoms with van der Waals surface area (Å²) < 4.78 is 0.750. The number of nitrogens with zero attached hydrogens (tertiary/aromatic N) is 1. The summed E-state index contributed by atoms with van der Waals surface area (Å²) in [6.45, 7) is 0. The molecule has 0 aromatic heterocycles. The molecule has 0 fully saturated rings. The number of hydrogen-bond acceptors (Lipinski definition) is 1. The molecule has 0 bridgehead atoms. The van der Waals surface area contributed by atoms with E-state index in [0.717, 1.165) is 4.74 Å². The molecule has 0 radical (unpaired) electrons. The van der Waals surface area contributed by atoms with Crippen molar-refractivity contribution >= 4 is 31.0 Å². The summed E-state index contributed by atoms with van der Waals surface area (Å²) >= 11 is 0. The lowest BCUT2D eigenvalue weighted by atomic mass is 10.6. The van der Waals surface area contributed by atoms with Crippen LogP contribution in [0.2, 0.25) is 0 Å². The van der Waals surface area contributed by atoms with Gasteiger partial charge in [0.25, 0.3) is 0 Å². The zero-order valence-electron chi connectivity index (χ0n) is 3.40. The molecule has 4 heteroatoms. The first-order chi connectivity index (χ1) is 2.39. The maximum absolute atomic E-state index is 9.67. The normalized spacial score (nSPS) is 12.3. The standard InChI is InChI=1S/C3H3NO.2ClH/c5-4-2-1-3-4;;/h1-3H;2*1H. The van der Waals surface area contributed by atoms with E-state index in [1.807, 2.05) is 0 Å². The lowest BCUT2D eigenvalue weighted by Gasteiger charge is -1.95. The summed E-state index contributed by atoms with van der Waals surface area (Å²) in [5.74, 6) is 0. The number of allylic oxidation sites excluding steroid dienone is 1. The van der Waals surface area contributed by atoms with Gasteiger partial charge in [-0.3, -0.25) is 0 Å². The molecule has 1 aliphatic rings. The van der Waals surface area contributed by atoms with E-state index in [9.17, 15) is 5.21 Å². The topological polar surface area (TPSA) is 26.1 Å². The highest BCUT2D eigenvalue weighted by Gasteiger charge is 1.88. The van der Waals surface area contributed by atoms with E-state index >= 15 is 0 Å². The van der Waals surface area contributed by atoms with E-state index < -0.39 is 0 Å². The zero-order valence-corrected chi connectivity index (χ0v) is 5.04. The lowest BCUT2D eigenvalue weighted by molar-refractivity contribution is -0.383. The van der Waals surface area contributed by atoms with Crippen LogP contribution in [0.1, 0.15) is 0 Å². The fraction of sp³-hybridized carbons (Fsp3) is 0. The Bertz CT molecular complexity index is 99.1. The van der Waals surface area contributed by atoms with Gasteiger partial charge in [-0.25, -0.2) is 0 Å². The fourth-order valence-electron chi connectivity index (χ4n) is 0.156. The third kappa shape index (κ3) is 2.48. The van der Waals surface area contributed by atoms with Crippen LogP contribution in [0, 0.1) is 5.21 Å². The molecule has 0 unspecified atom stereocenters. The van der Waals surface area contributed by atoms with Crippen LogP contribution in [0.25, 0.3) is 0 Å². The first kappa shape index (κ1) is 9.92. The van der Waals surface area contributed by atoms with Gasteiger partial charge in [-0.15, -0.1) is 24.8 Å². The van der Waals surface area contributed by atoms with Gasteiger partial charge < -0.3 is 5.21 Å². The third-order valence-corrected chi connectivity index (χ3v) is 0.466. The van der Waals surface area contributed by atoms with Crippen molar-refractivity contribution in [3.8, 4) is 0 Å². The molecule has 0 N–H and O–H groups in total. The van der Waals surface area contributed by atoms with Crippen molar-refractivity contribution in [3.05, 3.63) is 17.5 Å².